The van der Waals surface area contributed by atoms with Gasteiger partial charge in [0.05, 0.1) is 29.3 Å². The summed E-state index contributed by atoms with van der Waals surface area (Å²) in [6, 6.07) is 3.68. The number of hydrogen-bond acceptors (Lipinski definition) is 4. The van der Waals surface area contributed by atoms with E-state index < -0.39 is 11.7 Å². The van der Waals surface area contributed by atoms with E-state index in [1.54, 1.807) is 33.0 Å². The molecule has 0 saturated carbocycles. The molecule has 1 aromatic heterocycles. The molecule has 1 heterocycles. The third-order valence-corrected chi connectivity index (χ3v) is 2.26. The van der Waals surface area contributed by atoms with Crippen molar-refractivity contribution in [2.75, 3.05) is 18.5 Å². The van der Waals surface area contributed by atoms with E-state index in [1.807, 2.05) is 18.0 Å². The lowest BCUT2D eigenvalue weighted by Crippen LogP contribution is -2.36. The van der Waals surface area contributed by atoms with Crippen molar-refractivity contribution >= 4 is 5.69 Å². The molecule has 0 radical (unpaired) electrons. The van der Waals surface area contributed by atoms with E-state index in [9.17, 15) is 10.2 Å². The van der Waals surface area contributed by atoms with Gasteiger partial charge < -0.3 is 15.1 Å². The number of hydrogen-bond donors (Lipinski definition) is 2. The van der Waals surface area contributed by atoms with Crippen molar-refractivity contribution in [3.05, 3.63) is 24.0 Å². The first-order valence-corrected chi connectivity index (χ1v) is 5.37. The molecule has 0 aliphatic carbocycles. The minimum absolute atomic E-state index is 0.530. The topological polar surface area (TPSA) is 56.6 Å². The van der Waals surface area contributed by atoms with Crippen molar-refractivity contribution in [1.29, 1.82) is 0 Å². The average molecular weight is 224 g/mol. The first-order valence-electron chi connectivity index (χ1n) is 5.37. The quantitative estimate of drug-likeness (QED) is 0.810. The largest absolute Gasteiger partial charge is 0.389 e. The van der Waals surface area contributed by atoms with Crippen molar-refractivity contribution in [1.82, 2.24) is 4.98 Å². The van der Waals surface area contributed by atoms with Crippen LogP contribution in [0.15, 0.2) is 18.3 Å². The molecule has 0 amide bonds. The second kappa shape index (κ2) is 4.80. The molecule has 1 atom stereocenters. The van der Waals surface area contributed by atoms with Crippen molar-refractivity contribution in [3.63, 3.8) is 0 Å². The standard InChI is InChI=1S/C12H20N2O2/c1-9(15)11-6-5-10(7-13-11)14(4)8-12(2,3)16/h5-7,9,15-16H,8H2,1-4H3/t9-/m0/s1. The molecule has 0 saturated heterocycles. The van der Waals surface area contributed by atoms with Gasteiger partial charge in [-0.25, -0.2) is 0 Å². The summed E-state index contributed by atoms with van der Waals surface area (Å²) in [4.78, 5) is 6.09. The molecule has 4 nitrogen and oxygen atoms in total. The van der Waals surface area contributed by atoms with Gasteiger partial charge in [0.2, 0.25) is 0 Å². The van der Waals surface area contributed by atoms with E-state index >= 15 is 0 Å². The molecule has 0 aromatic carbocycles. The van der Waals surface area contributed by atoms with Crippen LogP contribution in [0.5, 0.6) is 0 Å². The molecule has 1 rings (SSSR count). The molecular formula is C12H20N2O2. The first-order chi connectivity index (χ1) is 7.29. The van der Waals surface area contributed by atoms with Crippen molar-refractivity contribution in [3.8, 4) is 0 Å². The van der Waals surface area contributed by atoms with Crippen LogP contribution in [0.25, 0.3) is 0 Å². The molecule has 2 N–H and O–H groups in total. The molecule has 16 heavy (non-hydrogen) atoms. The Morgan fingerprint density at radius 3 is 2.44 bits per heavy atom. The lowest BCUT2D eigenvalue weighted by atomic mass is 10.1. The number of rotatable bonds is 4. The Balaban J connectivity index is 2.74. The Bertz CT molecular complexity index is 328. The molecule has 90 valence electrons. The Morgan fingerprint density at radius 2 is 2.06 bits per heavy atom. The van der Waals surface area contributed by atoms with Crippen LogP contribution < -0.4 is 4.90 Å². The van der Waals surface area contributed by atoms with E-state index in [2.05, 4.69) is 4.98 Å². The molecule has 0 bridgehead atoms. The highest BCUT2D eigenvalue weighted by Gasteiger charge is 2.16. The van der Waals surface area contributed by atoms with Gasteiger partial charge >= 0.3 is 0 Å². The van der Waals surface area contributed by atoms with Gasteiger partial charge in [0.1, 0.15) is 0 Å². The summed E-state index contributed by atoms with van der Waals surface area (Å²) in [5, 5.41) is 19.0. The van der Waals surface area contributed by atoms with Crippen LogP contribution in [0.1, 0.15) is 32.6 Å². The number of anilines is 1. The van der Waals surface area contributed by atoms with Gasteiger partial charge in [-0.15, -0.1) is 0 Å². The Morgan fingerprint density at radius 1 is 1.44 bits per heavy atom. The van der Waals surface area contributed by atoms with Crippen LogP contribution in [-0.4, -0.2) is 34.4 Å². The van der Waals surface area contributed by atoms with Crippen LogP contribution in [-0.2, 0) is 0 Å². The van der Waals surface area contributed by atoms with E-state index in [0.717, 1.165) is 5.69 Å². The molecule has 0 fully saturated rings. The summed E-state index contributed by atoms with van der Waals surface area (Å²) < 4.78 is 0. The Labute approximate surface area is 96.6 Å². The molecule has 4 heteroatoms. The van der Waals surface area contributed by atoms with Crippen LogP contribution in [0, 0.1) is 0 Å². The van der Waals surface area contributed by atoms with E-state index in [-0.39, 0.29) is 0 Å². The zero-order chi connectivity index (χ0) is 12.3. The number of likely N-dealkylation sites (N-methyl/N-ethyl adjacent to an activating group) is 1. The highest BCUT2D eigenvalue weighted by Crippen LogP contribution is 2.17. The third-order valence-electron chi connectivity index (χ3n) is 2.26. The van der Waals surface area contributed by atoms with E-state index in [1.165, 1.54) is 0 Å². The minimum Gasteiger partial charge on any atom is -0.389 e. The summed E-state index contributed by atoms with van der Waals surface area (Å²) >= 11 is 0. The van der Waals surface area contributed by atoms with E-state index in [4.69, 9.17) is 0 Å². The predicted octanol–water partition coefficient (Wildman–Crippen LogP) is 1.34. The first kappa shape index (κ1) is 12.9. The number of aliphatic hydroxyl groups excluding tert-OH is 1. The van der Waals surface area contributed by atoms with Crippen LogP contribution in [0.4, 0.5) is 5.69 Å². The molecule has 0 spiro atoms. The fourth-order valence-corrected chi connectivity index (χ4v) is 1.54. The molecule has 0 unspecified atom stereocenters. The molecule has 1 aromatic rings. The zero-order valence-corrected chi connectivity index (χ0v) is 10.3. The Hall–Kier alpha value is -1.13. The van der Waals surface area contributed by atoms with Gasteiger partial charge in [-0.05, 0) is 32.9 Å². The third kappa shape index (κ3) is 3.79. The van der Waals surface area contributed by atoms with Crippen molar-refractivity contribution in [2.24, 2.45) is 0 Å². The van der Waals surface area contributed by atoms with Crippen molar-refractivity contribution in [2.45, 2.75) is 32.5 Å². The predicted molar refractivity (Wildman–Crippen MR) is 64.4 cm³/mol. The summed E-state index contributed by atoms with van der Waals surface area (Å²) in [6.45, 7) is 5.74. The fourth-order valence-electron chi connectivity index (χ4n) is 1.54. The Kier molecular flexibility index (Phi) is 3.88. The maximum Gasteiger partial charge on any atom is 0.0931 e. The SMILES string of the molecule is C[C@H](O)c1ccc(N(C)CC(C)(C)O)cn1. The van der Waals surface area contributed by atoms with Crippen LogP contribution in [0.2, 0.25) is 0 Å². The fraction of sp³-hybridized carbons (Fsp3) is 0.583. The maximum atomic E-state index is 9.69. The van der Waals surface area contributed by atoms with Crippen LogP contribution in [0.3, 0.4) is 0 Å². The number of pyridine rings is 1. The van der Waals surface area contributed by atoms with Gasteiger partial charge in [0, 0.05) is 13.6 Å². The zero-order valence-electron chi connectivity index (χ0n) is 10.3. The summed E-state index contributed by atoms with van der Waals surface area (Å²) in [5.41, 5.74) is 0.837. The van der Waals surface area contributed by atoms with Gasteiger partial charge in [-0.2, -0.15) is 0 Å². The highest BCUT2D eigenvalue weighted by atomic mass is 16.3. The maximum absolute atomic E-state index is 9.69. The second-order valence-corrected chi connectivity index (χ2v) is 4.79. The molecule has 0 aliphatic rings. The minimum atomic E-state index is -0.738. The van der Waals surface area contributed by atoms with Gasteiger partial charge in [-0.1, -0.05) is 0 Å². The lowest BCUT2D eigenvalue weighted by molar-refractivity contribution is 0.0886. The second-order valence-electron chi connectivity index (χ2n) is 4.79. The summed E-state index contributed by atoms with van der Waals surface area (Å²) in [5.74, 6) is 0. The van der Waals surface area contributed by atoms with Crippen LogP contribution >= 0.6 is 0 Å². The normalized spacial score (nSPS) is 13.6. The summed E-state index contributed by atoms with van der Waals surface area (Å²) in [7, 11) is 1.90. The van der Waals surface area contributed by atoms with E-state index in [0.29, 0.717) is 12.2 Å². The van der Waals surface area contributed by atoms with Crippen molar-refractivity contribution < 1.29 is 10.2 Å². The molecular weight excluding hydrogens is 204 g/mol. The summed E-state index contributed by atoms with van der Waals surface area (Å²) in [6.07, 6.45) is 1.15. The average Bonchev–Trinajstić information content (AvgIpc) is 2.15. The number of nitrogens with zero attached hydrogens (tertiary/aromatic N) is 2. The smallest absolute Gasteiger partial charge is 0.0931 e. The number of aliphatic hydroxyl groups is 2. The number of aromatic nitrogens is 1. The monoisotopic (exact) mass is 224 g/mol. The van der Waals surface area contributed by atoms with Gasteiger partial charge in [0.25, 0.3) is 0 Å². The lowest BCUT2D eigenvalue weighted by Gasteiger charge is -2.27. The van der Waals surface area contributed by atoms with Gasteiger partial charge in [0.15, 0.2) is 0 Å². The molecule has 0 aliphatic heterocycles. The van der Waals surface area contributed by atoms with Gasteiger partial charge in [-0.3, -0.25) is 4.98 Å². The highest BCUT2D eigenvalue weighted by molar-refractivity contribution is 5.44.